The van der Waals surface area contributed by atoms with Gasteiger partial charge in [-0.25, -0.2) is 9.97 Å². The summed E-state index contributed by atoms with van der Waals surface area (Å²) in [6.45, 7) is 0. The predicted octanol–water partition coefficient (Wildman–Crippen LogP) is 13.2. The van der Waals surface area contributed by atoms with Crippen LogP contribution in [-0.2, 0) is 0 Å². The molecule has 0 fully saturated rings. The maximum atomic E-state index is 5.64. The first kappa shape index (κ1) is 30.6. The van der Waals surface area contributed by atoms with Crippen LogP contribution < -0.4 is 0 Å². The van der Waals surface area contributed by atoms with E-state index in [4.69, 9.17) is 9.97 Å². The molecule has 0 bridgehead atoms. The Morgan fingerprint density at radius 1 is 0.316 bits per heavy atom. The molecule has 0 amide bonds. The molecule has 0 unspecified atom stereocenters. The van der Waals surface area contributed by atoms with Crippen molar-refractivity contribution < 1.29 is 0 Å². The topological polar surface area (TPSA) is 40.6 Å². The van der Waals surface area contributed by atoms with Gasteiger partial charge >= 0.3 is 0 Å². The van der Waals surface area contributed by atoms with Gasteiger partial charge in [0.15, 0.2) is 0 Å². The third kappa shape index (κ3) is 4.07. The van der Waals surface area contributed by atoms with E-state index in [0.717, 1.165) is 55.1 Å². The van der Waals surface area contributed by atoms with Crippen molar-refractivity contribution >= 4 is 97.9 Å². The zero-order chi connectivity index (χ0) is 37.2. The molecule has 0 atom stereocenters. The molecule has 264 valence electrons. The van der Waals surface area contributed by atoms with Gasteiger partial charge in [-0.2, -0.15) is 0 Å². The van der Waals surface area contributed by atoms with Gasteiger partial charge in [-0.05, 0) is 53.2 Å². The summed E-state index contributed by atoms with van der Waals surface area (Å²) in [5, 5.41) is 12.8. The summed E-state index contributed by atoms with van der Waals surface area (Å²) in [6.07, 6.45) is 2.07. The van der Waals surface area contributed by atoms with Gasteiger partial charge in [-0.1, -0.05) is 140 Å². The Morgan fingerprint density at radius 2 is 0.789 bits per heavy atom. The highest BCUT2D eigenvalue weighted by molar-refractivity contribution is 6.27. The molecule has 57 heavy (non-hydrogen) atoms. The van der Waals surface area contributed by atoms with E-state index in [1.807, 2.05) is 0 Å². The molecular formula is C52H31N5. The van der Waals surface area contributed by atoms with Crippen molar-refractivity contribution in [1.82, 2.24) is 23.7 Å². The second-order valence-corrected chi connectivity index (χ2v) is 14.9. The standard InChI is InChI=1S/C52H31N5/c1-2-15-32(16-3-1)55-43-24-10-8-20-36(43)40-29-30-41-37-21-9-13-27-46(37)57(51(41)50(40)55)52-53-31-42-48-38(33-17-4-5-22-39(33)49(42)54-52)23-14-28-47(48)56-44-25-11-6-18-34(44)35-19-7-12-26-45(35)56/h1-31H. The lowest BCUT2D eigenvalue weighted by Crippen LogP contribution is -2.04. The first-order chi connectivity index (χ1) is 28.3. The zero-order valence-electron chi connectivity index (χ0n) is 30.6. The van der Waals surface area contributed by atoms with E-state index in [1.54, 1.807) is 0 Å². The molecule has 13 rings (SSSR count). The van der Waals surface area contributed by atoms with Crippen molar-refractivity contribution in [2.45, 2.75) is 0 Å². The molecule has 9 aromatic carbocycles. The molecule has 0 saturated heterocycles. The van der Waals surface area contributed by atoms with E-state index < -0.39 is 0 Å². The third-order valence-corrected chi connectivity index (χ3v) is 12.1. The minimum absolute atomic E-state index is 0.643. The first-order valence-corrected chi connectivity index (χ1v) is 19.4. The van der Waals surface area contributed by atoms with E-state index >= 15 is 0 Å². The SMILES string of the molecule is c1ccc(-n2c3ccccc3c3ccc4c5ccccc5n(-c5ncc6c(n5)c5ccccc5c5cccc(-n7c8ccccc8c8ccccc87)c56)c4c32)cc1. The minimum Gasteiger partial charge on any atom is -0.309 e. The molecule has 0 aliphatic rings. The van der Waals surface area contributed by atoms with Crippen LogP contribution in [0.5, 0.6) is 0 Å². The molecule has 5 nitrogen and oxygen atoms in total. The van der Waals surface area contributed by atoms with Gasteiger partial charge in [0.1, 0.15) is 0 Å². The van der Waals surface area contributed by atoms with Crippen LogP contribution >= 0.6 is 0 Å². The molecular weight excluding hydrogens is 695 g/mol. The monoisotopic (exact) mass is 725 g/mol. The Balaban J connectivity index is 1.19. The fourth-order valence-electron chi connectivity index (χ4n) is 9.76. The smallest absolute Gasteiger partial charge is 0.235 e. The fourth-order valence-corrected chi connectivity index (χ4v) is 9.76. The van der Waals surface area contributed by atoms with E-state index in [1.165, 1.54) is 54.1 Å². The van der Waals surface area contributed by atoms with Gasteiger partial charge in [0.25, 0.3) is 0 Å². The van der Waals surface area contributed by atoms with Crippen molar-refractivity contribution in [3.05, 3.63) is 188 Å². The van der Waals surface area contributed by atoms with Crippen LogP contribution in [-0.4, -0.2) is 23.7 Å². The summed E-state index contributed by atoms with van der Waals surface area (Å²) in [5.74, 6) is 0.643. The highest BCUT2D eigenvalue weighted by Crippen LogP contribution is 2.43. The largest absolute Gasteiger partial charge is 0.309 e. The molecule has 0 spiro atoms. The van der Waals surface area contributed by atoms with E-state index in [-0.39, 0.29) is 0 Å². The van der Waals surface area contributed by atoms with Gasteiger partial charge < -0.3 is 9.13 Å². The van der Waals surface area contributed by atoms with Crippen LogP contribution in [0.25, 0.3) is 115 Å². The Kier molecular flexibility index (Phi) is 6.10. The van der Waals surface area contributed by atoms with Crippen LogP contribution in [0, 0.1) is 0 Å². The second-order valence-electron chi connectivity index (χ2n) is 14.9. The zero-order valence-corrected chi connectivity index (χ0v) is 30.6. The molecule has 13 aromatic rings. The Hall–Kier alpha value is -7.76. The molecule has 5 heteroatoms. The number of hydrogen-bond donors (Lipinski definition) is 0. The van der Waals surface area contributed by atoms with Gasteiger partial charge in [0.05, 0.1) is 44.3 Å². The van der Waals surface area contributed by atoms with Gasteiger partial charge in [-0.3, -0.25) is 4.57 Å². The van der Waals surface area contributed by atoms with E-state index in [2.05, 4.69) is 202 Å². The van der Waals surface area contributed by atoms with Crippen molar-refractivity contribution in [3.63, 3.8) is 0 Å². The first-order valence-electron chi connectivity index (χ1n) is 19.4. The van der Waals surface area contributed by atoms with Crippen LogP contribution in [0.2, 0.25) is 0 Å². The van der Waals surface area contributed by atoms with Crippen LogP contribution in [0.4, 0.5) is 0 Å². The normalized spacial score (nSPS) is 12.2. The van der Waals surface area contributed by atoms with Gasteiger partial charge in [0.2, 0.25) is 5.95 Å². The molecule has 4 heterocycles. The maximum Gasteiger partial charge on any atom is 0.235 e. The summed E-state index contributed by atoms with van der Waals surface area (Å²) >= 11 is 0. The van der Waals surface area contributed by atoms with Crippen LogP contribution in [0.3, 0.4) is 0 Å². The molecule has 4 aromatic heterocycles. The summed E-state index contributed by atoms with van der Waals surface area (Å²) < 4.78 is 7.12. The van der Waals surface area contributed by atoms with E-state index in [9.17, 15) is 0 Å². The number of benzene rings is 9. The summed E-state index contributed by atoms with van der Waals surface area (Å²) in [5.41, 5.74) is 9.96. The van der Waals surface area contributed by atoms with Crippen molar-refractivity contribution in [1.29, 1.82) is 0 Å². The van der Waals surface area contributed by atoms with Crippen molar-refractivity contribution in [2.75, 3.05) is 0 Å². The molecule has 0 aliphatic heterocycles. The Morgan fingerprint density at radius 3 is 1.42 bits per heavy atom. The molecule has 0 N–H and O–H groups in total. The second kappa shape index (κ2) is 11.4. The number of hydrogen-bond acceptors (Lipinski definition) is 2. The maximum absolute atomic E-state index is 5.64. The van der Waals surface area contributed by atoms with Crippen molar-refractivity contribution in [3.8, 4) is 17.3 Å². The van der Waals surface area contributed by atoms with Gasteiger partial charge in [0, 0.05) is 60.4 Å². The van der Waals surface area contributed by atoms with Gasteiger partial charge in [-0.15, -0.1) is 0 Å². The number of aromatic nitrogens is 5. The van der Waals surface area contributed by atoms with Crippen molar-refractivity contribution in [2.24, 2.45) is 0 Å². The highest BCUT2D eigenvalue weighted by atomic mass is 15.2. The summed E-state index contributed by atoms with van der Waals surface area (Å²) in [6, 6.07) is 65.4. The minimum atomic E-state index is 0.643. The number of para-hydroxylation sites is 5. The fraction of sp³-hybridized carbons (Fsp3) is 0. The Labute approximate surface area is 325 Å². The number of fused-ring (bicyclic) bond motifs is 16. The Bertz CT molecular complexity index is 3760. The lowest BCUT2D eigenvalue weighted by Gasteiger charge is -2.17. The molecule has 0 saturated carbocycles. The third-order valence-electron chi connectivity index (χ3n) is 12.1. The quantitative estimate of drug-likeness (QED) is 0.170. The lowest BCUT2D eigenvalue weighted by atomic mass is 9.96. The van der Waals surface area contributed by atoms with Crippen LogP contribution in [0.1, 0.15) is 0 Å². The lowest BCUT2D eigenvalue weighted by molar-refractivity contribution is 1.01. The predicted molar refractivity (Wildman–Crippen MR) is 238 cm³/mol. The van der Waals surface area contributed by atoms with Crippen LogP contribution in [0.15, 0.2) is 188 Å². The number of nitrogens with zero attached hydrogens (tertiary/aromatic N) is 5. The highest BCUT2D eigenvalue weighted by Gasteiger charge is 2.24. The average molecular weight is 726 g/mol. The summed E-state index contributed by atoms with van der Waals surface area (Å²) in [4.78, 5) is 11.0. The molecule has 0 radical (unpaired) electrons. The average Bonchev–Trinajstić information content (AvgIpc) is 3.92. The van der Waals surface area contributed by atoms with E-state index in [0.29, 0.717) is 5.95 Å². The number of rotatable bonds is 3. The summed E-state index contributed by atoms with van der Waals surface area (Å²) in [7, 11) is 0. The molecule has 0 aliphatic carbocycles.